The Morgan fingerprint density at radius 2 is 2.15 bits per heavy atom. The third kappa shape index (κ3) is 2.88. The third-order valence-corrected chi connectivity index (χ3v) is 3.99. The van der Waals surface area contributed by atoms with Crippen molar-refractivity contribution in [2.45, 2.75) is 32.2 Å². The van der Waals surface area contributed by atoms with E-state index in [0.29, 0.717) is 6.04 Å². The van der Waals surface area contributed by atoms with Crippen LogP contribution in [0.5, 0.6) is 0 Å². The van der Waals surface area contributed by atoms with Crippen molar-refractivity contribution in [3.05, 3.63) is 18.3 Å². The molecule has 1 aliphatic rings. The van der Waals surface area contributed by atoms with Crippen LogP contribution in [0.3, 0.4) is 0 Å². The second-order valence-corrected chi connectivity index (χ2v) is 5.80. The van der Waals surface area contributed by atoms with Crippen LogP contribution in [0.4, 0.5) is 11.4 Å². The van der Waals surface area contributed by atoms with E-state index in [1.807, 2.05) is 12.1 Å². The first kappa shape index (κ1) is 13.2. The van der Waals surface area contributed by atoms with Gasteiger partial charge in [-0.2, -0.15) is 5.10 Å². The van der Waals surface area contributed by atoms with E-state index in [2.05, 4.69) is 27.3 Å². The Hall–Kier alpha value is -1.75. The number of hydrogen-bond donors (Lipinski definition) is 3. The van der Waals surface area contributed by atoms with Crippen LogP contribution in [-0.2, 0) is 0 Å². The Morgan fingerprint density at radius 3 is 2.95 bits per heavy atom. The molecule has 3 rings (SSSR count). The predicted octanol–water partition coefficient (Wildman–Crippen LogP) is 2.43. The molecular formula is C15H23N5. The third-order valence-electron chi connectivity index (χ3n) is 3.99. The van der Waals surface area contributed by atoms with Crippen molar-refractivity contribution in [2.75, 3.05) is 30.7 Å². The number of anilines is 2. The molecule has 1 aromatic heterocycles. The normalized spacial score (nSPS) is 18.2. The van der Waals surface area contributed by atoms with Crippen molar-refractivity contribution in [1.82, 2.24) is 15.1 Å². The molecule has 1 saturated heterocycles. The van der Waals surface area contributed by atoms with Crippen LogP contribution in [0.15, 0.2) is 18.3 Å². The number of fused-ring (bicyclic) bond motifs is 1. The summed E-state index contributed by atoms with van der Waals surface area (Å²) in [5.74, 6) is 0. The molecule has 5 nitrogen and oxygen atoms in total. The summed E-state index contributed by atoms with van der Waals surface area (Å²) in [6.07, 6.45) is 5.83. The van der Waals surface area contributed by atoms with Gasteiger partial charge in [-0.05, 0) is 45.0 Å². The first-order chi connectivity index (χ1) is 9.72. The molecule has 2 heterocycles. The van der Waals surface area contributed by atoms with Gasteiger partial charge in [0.15, 0.2) is 0 Å². The predicted molar refractivity (Wildman–Crippen MR) is 83.9 cm³/mol. The highest BCUT2D eigenvalue weighted by Gasteiger charge is 2.14. The molecule has 0 spiro atoms. The molecule has 0 aliphatic carbocycles. The summed E-state index contributed by atoms with van der Waals surface area (Å²) in [5.41, 5.74) is 8.90. The van der Waals surface area contributed by atoms with Crippen LogP contribution >= 0.6 is 0 Å². The largest absolute Gasteiger partial charge is 0.397 e. The second kappa shape index (κ2) is 5.71. The number of hydrogen-bond acceptors (Lipinski definition) is 4. The number of benzene rings is 1. The molecule has 1 aliphatic heterocycles. The van der Waals surface area contributed by atoms with Gasteiger partial charge in [-0.25, -0.2) is 0 Å². The number of nitrogens with one attached hydrogen (secondary N) is 2. The average Bonchev–Trinajstić information content (AvgIpc) is 2.87. The van der Waals surface area contributed by atoms with Crippen molar-refractivity contribution >= 4 is 22.3 Å². The summed E-state index contributed by atoms with van der Waals surface area (Å²) in [7, 11) is 0. The zero-order valence-corrected chi connectivity index (χ0v) is 12.0. The van der Waals surface area contributed by atoms with Crippen LogP contribution in [0.2, 0.25) is 0 Å². The molecule has 0 amide bonds. The van der Waals surface area contributed by atoms with Crippen molar-refractivity contribution < 1.29 is 0 Å². The number of rotatable bonds is 4. The number of nitrogens with two attached hydrogens (primary N) is 1. The summed E-state index contributed by atoms with van der Waals surface area (Å²) >= 11 is 0. The standard InChI is InChI=1S/C15H23N5/c1-11(10-20-5-3-2-4-6-20)18-15-8-14-12(7-13(15)16)9-17-19-14/h7-9,11,18H,2-6,10,16H2,1H3,(H,17,19). The zero-order chi connectivity index (χ0) is 13.9. The quantitative estimate of drug-likeness (QED) is 0.748. The van der Waals surface area contributed by atoms with Gasteiger partial charge in [0.25, 0.3) is 0 Å². The Labute approximate surface area is 119 Å². The molecule has 0 saturated carbocycles. The highest BCUT2D eigenvalue weighted by molar-refractivity contribution is 5.88. The Balaban J connectivity index is 1.66. The van der Waals surface area contributed by atoms with E-state index in [4.69, 9.17) is 5.73 Å². The van der Waals surface area contributed by atoms with Crippen molar-refractivity contribution in [1.29, 1.82) is 0 Å². The lowest BCUT2D eigenvalue weighted by Gasteiger charge is -2.30. The van der Waals surface area contributed by atoms with Gasteiger partial charge < -0.3 is 16.0 Å². The molecule has 108 valence electrons. The maximum absolute atomic E-state index is 6.11. The fraction of sp³-hybridized carbons (Fsp3) is 0.533. The Morgan fingerprint density at radius 1 is 1.35 bits per heavy atom. The Kier molecular flexibility index (Phi) is 3.78. The average molecular weight is 273 g/mol. The summed E-state index contributed by atoms with van der Waals surface area (Å²) < 4.78 is 0. The number of H-pyrrole nitrogens is 1. The molecule has 5 heteroatoms. The fourth-order valence-corrected chi connectivity index (χ4v) is 2.97. The molecule has 1 fully saturated rings. The lowest BCUT2D eigenvalue weighted by atomic mass is 10.1. The molecule has 2 aromatic rings. The molecule has 4 N–H and O–H groups in total. The van der Waals surface area contributed by atoms with E-state index in [0.717, 1.165) is 28.8 Å². The minimum absolute atomic E-state index is 0.385. The van der Waals surface area contributed by atoms with Gasteiger partial charge in [-0.15, -0.1) is 0 Å². The molecule has 1 unspecified atom stereocenters. The van der Waals surface area contributed by atoms with Gasteiger partial charge in [0, 0.05) is 18.0 Å². The highest BCUT2D eigenvalue weighted by Crippen LogP contribution is 2.25. The summed E-state index contributed by atoms with van der Waals surface area (Å²) in [6, 6.07) is 4.40. The smallest absolute Gasteiger partial charge is 0.0672 e. The molecule has 0 radical (unpaired) electrons. The van der Waals surface area contributed by atoms with Crippen molar-refractivity contribution in [3.8, 4) is 0 Å². The van der Waals surface area contributed by atoms with Crippen LogP contribution in [0.25, 0.3) is 10.9 Å². The number of aromatic amines is 1. The summed E-state index contributed by atoms with van der Waals surface area (Å²) in [6.45, 7) is 5.73. The maximum atomic E-state index is 6.11. The van der Waals surface area contributed by atoms with Gasteiger partial charge in [0.2, 0.25) is 0 Å². The van der Waals surface area contributed by atoms with Gasteiger partial charge >= 0.3 is 0 Å². The first-order valence-electron chi connectivity index (χ1n) is 7.44. The molecule has 1 aromatic carbocycles. The monoisotopic (exact) mass is 273 g/mol. The van der Waals surface area contributed by atoms with Gasteiger partial charge in [-0.3, -0.25) is 5.10 Å². The van der Waals surface area contributed by atoms with Crippen LogP contribution < -0.4 is 11.1 Å². The van der Waals surface area contributed by atoms with Crippen molar-refractivity contribution in [2.24, 2.45) is 0 Å². The first-order valence-corrected chi connectivity index (χ1v) is 7.44. The second-order valence-electron chi connectivity index (χ2n) is 5.80. The highest BCUT2D eigenvalue weighted by atomic mass is 15.2. The molecule has 0 bridgehead atoms. The number of piperidine rings is 1. The number of aromatic nitrogens is 2. The minimum Gasteiger partial charge on any atom is -0.397 e. The van der Waals surface area contributed by atoms with E-state index >= 15 is 0 Å². The van der Waals surface area contributed by atoms with E-state index in [-0.39, 0.29) is 0 Å². The number of likely N-dealkylation sites (tertiary alicyclic amines) is 1. The van der Waals surface area contributed by atoms with Gasteiger partial charge in [0.1, 0.15) is 0 Å². The fourth-order valence-electron chi connectivity index (χ4n) is 2.97. The van der Waals surface area contributed by atoms with Crippen LogP contribution in [0, 0.1) is 0 Å². The molecule has 20 heavy (non-hydrogen) atoms. The van der Waals surface area contributed by atoms with E-state index in [1.54, 1.807) is 6.20 Å². The molecular weight excluding hydrogens is 250 g/mol. The SMILES string of the molecule is CC(CN1CCCCC1)Nc1cc2[nH]ncc2cc1N. The minimum atomic E-state index is 0.385. The zero-order valence-electron chi connectivity index (χ0n) is 12.0. The number of nitrogens with zero attached hydrogens (tertiary/aromatic N) is 2. The Bertz CT molecular complexity index is 571. The van der Waals surface area contributed by atoms with E-state index < -0.39 is 0 Å². The lowest BCUT2D eigenvalue weighted by Crippen LogP contribution is -2.38. The van der Waals surface area contributed by atoms with E-state index in [9.17, 15) is 0 Å². The van der Waals surface area contributed by atoms with Crippen LogP contribution in [-0.4, -0.2) is 40.8 Å². The topological polar surface area (TPSA) is 70.0 Å². The summed E-state index contributed by atoms with van der Waals surface area (Å²) in [4.78, 5) is 2.53. The molecule has 1 atom stereocenters. The van der Waals surface area contributed by atoms with Crippen LogP contribution in [0.1, 0.15) is 26.2 Å². The lowest BCUT2D eigenvalue weighted by molar-refractivity contribution is 0.223. The maximum Gasteiger partial charge on any atom is 0.0672 e. The van der Waals surface area contributed by atoms with E-state index in [1.165, 1.54) is 32.4 Å². The van der Waals surface area contributed by atoms with Crippen molar-refractivity contribution in [3.63, 3.8) is 0 Å². The summed E-state index contributed by atoms with van der Waals surface area (Å²) in [5, 5.41) is 11.6. The van der Waals surface area contributed by atoms with Gasteiger partial charge in [0.05, 0.1) is 23.1 Å². The van der Waals surface area contributed by atoms with Gasteiger partial charge in [-0.1, -0.05) is 6.42 Å². The number of nitrogen functional groups attached to an aromatic ring is 1.